The van der Waals surface area contributed by atoms with Gasteiger partial charge in [0, 0.05) is 24.7 Å². The number of hydrogen-bond acceptors (Lipinski definition) is 5. The molecule has 1 heterocycles. The molecule has 1 aromatic heterocycles. The van der Waals surface area contributed by atoms with Crippen molar-refractivity contribution in [3.63, 3.8) is 0 Å². The number of alkyl halides is 3. The number of hydrogen-bond donors (Lipinski definition) is 1. The first kappa shape index (κ1) is 14.2. The molecule has 0 aromatic carbocycles. The third kappa shape index (κ3) is 5.31. The summed E-state index contributed by atoms with van der Waals surface area (Å²) in [4.78, 5) is 3.33. The van der Waals surface area contributed by atoms with Gasteiger partial charge in [0.05, 0.1) is 6.61 Å². The van der Waals surface area contributed by atoms with E-state index in [-0.39, 0.29) is 5.13 Å². The summed E-state index contributed by atoms with van der Waals surface area (Å²) in [5.74, 6) is -1.10. The summed E-state index contributed by atoms with van der Waals surface area (Å²) in [6, 6.07) is 0. The predicted molar refractivity (Wildman–Crippen MR) is 59.1 cm³/mol. The van der Waals surface area contributed by atoms with Crippen LogP contribution in [0.5, 0.6) is 0 Å². The van der Waals surface area contributed by atoms with E-state index < -0.39 is 12.0 Å². The Kier molecular flexibility index (Phi) is 5.63. The van der Waals surface area contributed by atoms with Gasteiger partial charge in [-0.2, -0.15) is 22.5 Å². The molecule has 98 valence electrons. The fourth-order valence-electron chi connectivity index (χ4n) is 0.989. The maximum atomic E-state index is 12.2. The van der Waals surface area contributed by atoms with Crippen molar-refractivity contribution in [3.8, 4) is 0 Å². The van der Waals surface area contributed by atoms with E-state index in [9.17, 15) is 13.2 Å². The van der Waals surface area contributed by atoms with Crippen LogP contribution in [0.15, 0.2) is 0 Å². The van der Waals surface area contributed by atoms with Crippen molar-refractivity contribution in [3.05, 3.63) is 5.82 Å². The van der Waals surface area contributed by atoms with Gasteiger partial charge < -0.3 is 10.1 Å². The second-order valence-electron chi connectivity index (χ2n) is 3.31. The number of aromatic nitrogens is 2. The standard InChI is InChI=1S/C9H14F3N3OS/c1-2-3-5-16-6-4-13-8-14-7(15-17-8)9(10,11)12/h2-6H2,1H3,(H,13,14,15). The Hall–Kier alpha value is -0.890. The van der Waals surface area contributed by atoms with Crippen LogP contribution in [0.2, 0.25) is 0 Å². The SMILES string of the molecule is CCCCOCCNc1nc(C(F)(F)F)ns1. The van der Waals surface area contributed by atoms with Gasteiger partial charge in [0.15, 0.2) is 0 Å². The monoisotopic (exact) mass is 269 g/mol. The molecule has 17 heavy (non-hydrogen) atoms. The van der Waals surface area contributed by atoms with Crippen molar-refractivity contribution in [2.75, 3.05) is 25.1 Å². The second-order valence-corrected chi connectivity index (χ2v) is 4.07. The van der Waals surface area contributed by atoms with E-state index in [4.69, 9.17) is 4.74 Å². The molecule has 0 aliphatic heterocycles. The maximum absolute atomic E-state index is 12.2. The summed E-state index contributed by atoms with van der Waals surface area (Å²) in [5.41, 5.74) is 0. The first-order valence-corrected chi connectivity index (χ1v) is 6.04. The molecule has 1 rings (SSSR count). The number of nitrogens with one attached hydrogen (secondary N) is 1. The molecule has 0 fully saturated rings. The number of nitrogens with zero attached hydrogens (tertiary/aromatic N) is 2. The highest BCUT2D eigenvalue weighted by atomic mass is 32.1. The zero-order valence-corrected chi connectivity index (χ0v) is 10.2. The Morgan fingerprint density at radius 3 is 2.71 bits per heavy atom. The van der Waals surface area contributed by atoms with Gasteiger partial charge in [0.1, 0.15) is 0 Å². The Labute approximate surface area is 101 Å². The van der Waals surface area contributed by atoms with Gasteiger partial charge in [-0.1, -0.05) is 13.3 Å². The Morgan fingerprint density at radius 1 is 1.35 bits per heavy atom. The van der Waals surface area contributed by atoms with Crippen molar-refractivity contribution >= 4 is 16.7 Å². The summed E-state index contributed by atoms with van der Waals surface area (Å²) in [6.07, 6.45) is -2.44. The van der Waals surface area contributed by atoms with Crippen LogP contribution in [0.4, 0.5) is 18.3 Å². The summed E-state index contributed by atoms with van der Waals surface area (Å²) in [5, 5.41) is 2.90. The number of rotatable bonds is 7. The van der Waals surface area contributed by atoms with Crippen molar-refractivity contribution in [1.29, 1.82) is 0 Å². The molecule has 0 radical (unpaired) electrons. The predicted octanol–water partition coefficient (Wildman–Crippen LogP) is 2.79. The van der Waals surface area contributed by atoms with E-state index in [1.165, 1.54) is 0 Å². The molecule has 1 aromatic rings. The topological polar surface area (TPSA) is 47.0 Å². The molecule has 0 spiro atoms. The Balaban J connectivity index is 2.21. The van der Waals surface area contributed by atoms with Gasteiger partial charge in [0.25, 0.3) is 0 Å². The lowest BCUT2D eigenvalue weighted by Crippen LogP contribution is -2.11. The lowest BCUT2D eigenvalue weighted by atomic mass is 10.4. The summed E-state index contributed by atoms with van der Waals surface area (Å²) < 4.78 is 44.9. The fourth-order valence-corrected chi connectivity index (χ4v) is 1.60. The van der Waals surface area contributed by atoms with Gasteiger partial charge in [0.2, 0.25) is 11.0 Å². The van der Waals surface area contributed by atoms with Gasteiger partial charge in [-0.05, 0) is 6.42 Å². The Morgan fingerprint density at radius 2 is 2.12 bits per heavy atom. The second kappa shape index (κ2) is 6.75. The molecule has 0 atom stereocenters. The summed E-state index contributed by atoms with van der Waals surface area (Å²) >= 11 is 0.697. The first-order chi connectivity index (χ1) is 8.04. The van der Waals surface area contributed by atoms with Crippen molar-refractivity contribution < 1.29 is 17.9 Å². The van der Waals surface area contributed by atoms with Crippen LogP contribution in [-0.4, -0.2) is 29.1 Å². The largest absolute Gasteiger partial charge is 0.452 e. The molecule has 0 aliphatic carbocycles. The minimum Gasteiger partial charge on any atom is -0.380 e. The summed E-state index contributed by atoms with van der Waals surface area (Å²) in [7, 11) is 0. The minimum absolute atomic E-state index is 0.163. The first-order valence-electron chi connectivity index (χ1n) is 5.26. The molecule has 4 nitrogen and oxygen atoms in total. The highest BCUT2D eigenvalue weighted by Crippen LogP contribution is 2.28. The van der Waals surface area contributed by atoms with E-state index in [0.717, 1.165) is 12.8 Å². The van der Waals surface area contributed by atoms with E-state index in [1.54, 1.807) is 0 Å². The van der Waals surface area contributed by atoms with E-state index in [0.29, 0.717) is 31.3 Å². The quantitative estimate of drug-likeness (QED) is 0.773. The molecule has 0 saturated carbocycles. The van der Waals surface area contributed by atoms with Crippen molar-refractivity contribution in [1.82, 2.24) is 9.36 Å². The number of anilines is 1. The zero-order chi connectivity index (χ0) is 12.7. The van der Waals surface area contributed by atoms with Crippen LogP contribution >= 0.6 is 11.5 Å². The highest BCUT2D eigenvalue weighted by Gasteiger charge is 2.35. The zero-order valence-electron chi connectivity index (χ0n) is 9.38. The van der Waals surface area contributed by atoms with E-state index in [2.05, 4.69) is 21.6 Å². The normalized spacial score (nSPS) is 11.8. The smallest absolute Gasteiger partial charge is 0.380 e. The Bertz CT molecular complexity index is 330. The van der Waals surface area contributed by atoms with Crippen molar-refractivity contribution in [2.24, 2.45) is 0 Å². The fraction of sp³-hybridized carbons (Fsp3) is 0.778. The van der Waals surface area contributed by atoms with Crippen LogP contribution in [0.1, 0.15) is 25.6 Å². The maximum Gasteiger partial charge on any atom is 0.452 e. The average Bonchev–Trinajstić information content (AvgIpc) is 2.71. The van der Waals surface area contributed by atoms with Crippen LogP contribution in [0.3, 0.4) is 0 Å². The molecule has 0 bridgehead atoms. The number of halogens is 3. The molecule has 0 aliphatic rings. The van der Waals surface area contributed by atoms with Gasteiger partial charge in [-0.25, -0.2) is 0 Å². The summed E-state index contributed by atoms with van der Waals surface area (Å²) in [6.45, 7) is 3.60. The average molecular weight is 269 g/mol. The van der Waals surface area contributed by atoms with Crippen LogP contribution in [0, 0.1) is 0 Å². The van der Waals surface area contributed by atoms with Crippen LogP contribution in [-0.2, 0) is 10.9 Å². The van der Waals surface area contributed by atoms with E-state index in [1.807, 2.05) is 0 Å². The molecule has 0 amide bonds. The van der Waals surface area contributed by atoms with Gasteiger partial charge in [-0.15, -0.1) is 0 Å². The lowest BCUT2D eigenvalue weighted by Gasteiger charge is -2.03. The molecule has 8 heteroatoms. The highest BCUT2D eigenvalue weighted by molar-refractivity contribution is 7.09. The number of ether oxygens (including phenoxy) is 1. The lowest BCUT2D eigenvalue weighted by molar-refractivity contribution is -0.144. The number of unbranched alkanes of at least 4 members (excludes halogenated alkanes) is 1. The van der Waals surface area contributed by atoms with Gasteiger partial charge >= 0.3 is 6.18 Å². The third-order valence-electron chi connectivity index (χ3n) is 1.84. The molecule has 0 saturated heterocycles. The van der Waals surface area contributed by atoms with Crippen LogP contribution in [0.25, 0.3) is 0 Å². The minimum atomic E-state index is -4.48. The van der Waals surface area contributed by atoms with E-state index >= 15 is 0 Å². The third-order valence-corrected chi connectivity index (χ3v) is 2.52. The molecular formula is C9H14F3N3OS. The molecular weight excluding hydrogens is 255 g/mol. The molecule has 1 N–H and O–H groups in total. The molecule has 0 unspecified atom stereocenters. The van der Waals surface area contributed by atoms with Gasteiger partial charge in [-0.3, -0.25) is 0 Å². The van der Waals surface area contributed by atoms with Crippen LogP contribution < -0.4 is 5.32 Å². The van der Waals surface area contributed by atoms with Crippen molar-refractivity contribution in [2.45, 2.75) is 25.9 Å².